The summed E-state index contributed by atoms with van der Waals surface area (Å²) < 4.78 is 3.88. The van der Waals surface area contributed by atoms with Crippen LogP contribution < -0.4 is 0 Å². The maximum atomic E-state index is 2.53. The molecule has 0 bridgehead atoms. The molecule has 3 heteroatoms. The van der Waals surface area contributed by atoms with Gasteiger partial charge in [-0.15, -0.1) is 0 Å². The van der Waals surface area contributed by atoms with Gasteiger partial charge in [0.25, 0.3) is 0 Å². The molecule has 2 nitrogen and oxygen atoms in total. The molecule has 1 aliphatic carbocycles. The summed E-state index contributed by atoms with van der Waals surface area (Å²) in [7, 11) is 0. The van der Waals surface area contributed by atoms with Crippen LogP contribution in [0.1, 0.15) is 60.8 Å². The minimum absolute atomic E-state index is 0.799. The fraction of sp³-hybridized carbons (Fsp3) is 0.727. The van der Waals surface area contributed by atoms with E-state index in [0.29, 0.717) is 0 Å². The van der Waals surface area contributed by atoms with Crippen molar-refractivity contribution in [1.29, 1.82) is 0 Å². The molecular weight excluding hydrogens is 407 g/mol. The molecule has 0 radical (unpaired) electrons. The summed E-state index contributed by atoms with van der Waals surface area (Å²) >= 11 is -1.65. The number of allylic oxidation sites excluding steroid dienone is 4. The Labute approximate surface area is 165 Å². The van der Waals surface area contributed by atoms with Gasteiger partial charge in [-0.05, 0) is 0 Å². The summed E-state index contributed by atoms with van der Waals surface area (Å²) in [6.07, 6.45) is 13.8. The Hall–Kier alpha value is -0.310. The van der Waals surface area contributed by atoms with E-state index in [9.17, 15) is 0 Å². The van der Waals surface area contributed by atoms with Gasteiger partial charge in [0.1, 0.15) is 0 Å². The van der Waals surface area contributed by atoms with Gasteiger partial charge in [-0.1, -0.05) is 0 Å². The first kappa shape index (κ1) is 22.7. The van der Waals surface area contributed by atoms with Crippen LogP contribution >= 0.6 is 0 Å². The van der Waals surface area contributed by atoms with E-state index in [0.717, 1.165) is 36.3 Å². The van der Waals surface area contributed by atoms with Crippen LogP contribution in [0.3, 0.4) is 0 Å². The number of hydrogen-bond acceptors (Lipinski definition) is 2. The third kappa shape index (κ3) is 7.08. The second kappa shape index (κ2) is 12.9. The van der Waals surface area contributed by atoms with Crippen molar-refractivity contribution >= 4 is 21.4 Å². The molecule has 0 heterocycles. The van der Waals surface area contributed by atoms with Gasteiger partial charge < -0.3 is 0 Å². The Morgan fingerprint density at radius 2 is 1.40 bits per heavy atom. The molecule has 0 aromatic rings. The average molecular weight is 448 g/mol. The third-order valence-corrected chi connectivity index (χ3v) is 18.1. The predicted octanol–water partition coefficient (Wildman–Crippen LogP) is 6.08. The topological polar surface area (TPSA) is 6.48 Å². The van der Waals surface area contributed by atoms with Crippen molar-refractivity contribution < 1.29 is 0 Å². The first-order valence-corrected chi connectivity index (χ1v) is 17.3. The standard InChI is InChI=1S/C16H27N2.2C3H7.In/c1-5-17(6-2)13-15-10-9-11-16(12-15)14-18(7-3)8-4;2*1-3-2;/h9-10,12-14H,5-8,11H2,1-4H3;2*1,3H2,2H3;. The van der Waals surface area contributed by atoms with E-state index in [-0.39, 0.29) is 0 Å². The van der Waals surface area contributed by atoms with Gasteiger partial charge >= 0.3 is 166 Å². The molecule has 1 rings (SSSR count). The molecule has 0 amide bonds. The molecule has 0 saturated heterocycles. The molecule has 0 saturated carbocycles. The molecule has 25 heavy (non-hydrogen) atoms. The molecule has 0 N–H and O–H groups in total. The first-order chi connectivity index (χ1) is 12.1. The van der Waals surface area contributed by atoms with Crippen molar-refractivity contribution in [2.24, 2.45) is 0 Å². The summed E-state index contributed by atoms with van der Waals surface area (Å²) in [4.78, 5) is 4.98. The van der Waals surface area contributed by atoms with Crippen LogP contribution in [-0.2, 0) is 0 Å². The van der Waals surface area contributed by atoms with Crippen molar-refractivity contribution in [3.8, 4) is 0 Å². The van der Waals surface area contributed by atoms with Crippen LogP contribution in [0, 0.1) is 0 Å². The number of hydrogen-bond donors (Lipinski definition) is 0. The Morgan fingerprint density at radius 3 is 1.88 bits per heavy atom. The van der Waals surface area contributed by atoms with Crippen LogP contribution in [0.25, 0.3) is 0 Å². The predicted molar refractivity (Wildman–Crippen MR) is 115 cm³/mol. The zero-order valence-electron chi connectivity index (χ0n) is 17.7. The summed E-state index contributed by atoms with van der Waals surface area (Å²) in [5.41, 5.74) is 3.34. The Kier molecular flexibility index (Phi) is 11.8. The van der Waals surface area contributed by atoms with Crippen LogP contribution in [-0.4, -0.2) is 57.4 Å². The van der Waals surface area contributed by atoms with Gasteiger partial charge in [0, 0.05) is 0 Å². The van der Waals surface area contributed by atoms with E-state index in [1.165, 1.54) is 12.8 Å². The Morgan fingerprint density at radius 1 is 0.880 bits per heavy atom. The second-order valence-corrected chi connectivity index (χ2v) is 16.7. The molecule has 1 atom stereocenters. The Bertz CT molecular complexity index is 439. The molecule has 142 valence electrons. The van der Waals surface area contributed by atoms with Crippen LogP contribution in [0.2, 0.25) is 12.0 Å². The number of rotatable bonds is 11. The van der Waals surface area contributed by atoms with Crippen molar-refractivity contribution in [1.82, 2.24) is 9.80 Å². The summed E-state index contributed by atoms with van der Waals surface area (Å²) in [5.74, 6) is 0. The van der Waals surface area contributed by atoms with E-state index in [2.05, 4.69) is 75.9 Å². The van der Waals surface area contributed by atoms with Crippen LogP contribution in [0.5, 0.6) is 0 Å². The molecule has 1 unspecified atom stereocenters. The Balaban J connectivity index is 3.29. The van der Waals surface area contributed by atoms with Gasteiger partial charge in [0.05, 0.1) is 0 Å². The van der Waals surface area contributed by atoms with Crippen molar-refractivity contribution in [2.45, 2.75) is 72.8 Å². The van der Waals surface area contributed by atoms with Gasteiger partial charge in [0.15, 0.2) is 0 Å². The second-order valence-electron chi connectivity index (χ2n) is 7.20. The molecular formula is C22H41InN2. The van der Waals surface area contributed by atoms with E-state index in [1.807, 2.05) is 0 Å². The summed E-state index contributed by atoms with van der Waals surface area (Å²) in [6.45, 7) is 18.3. The van der Waals surface area contributed by atoms with E-state index in [1.54, 1.807) is 19.5 Å². The van der Waals surface area contributed by atoms with Gasteiger partial charge in [0.2, 0.25) is 0 Å². The monoisotopic (exact) mass is 448 g/mol. The van der Waals surface area contributed by atoms with Crippen molar-refractivity contribution in [3.05, 3.63) is 35.7 Å². The zero-order chi connectivity index (χ0) is 18.7. The normalized spacial score (nSPS) is 20.3. The van der Waals surface area contributed by atoms with Gasteiger partial charge in [-0.25, -0.2) is 0 Å². The molecule has 0 fully saturated rings. The van der Waals surface area contributed by atoms with Crippen molar-refractivity contribution in [3.63, 3.8) is 0 Å². The third-order valence-electron chi connectivity index (χ3n) is 5.52. The van der Waals surface area contributed by atoms with Gasteiger partial charge in [-0.2, -0.15) is 0 Å². The number of nitrogens with zero attached hydrogens (tertiary/aromatic N) is 2. The molecule has 0 aromatic heterocycles. The minimum atomic E-state index is -1.65. The summed E-state index contributed by atoms with van der Waals surface area (Å²) in [5, 5.41) is 0. The fourth-order valence-corrected chi connectivity index (χ4v) is 15.5. The molecule has 0 spiro atoms. The van der Waals surface area contributed by atoms with Gasteiger partial charge in [-0.3, -0.25) is 0 Å². The van der Waals surface area contributed by atoms with Crippen LogP contribution in [0.15, 0.2) is 35.7 Å². The quantitative estimate of drug-likeness (QED) is 0.378. The molecule has 1 aliphatic rings. The van der Waals surface area contributed by atoms with E-state index < -0.39 is 21.4 Å². The SMILES string of the molecule is CC[CH2][In]([CH2]CC)[CH]1C(=CN(CC)CC)C=CCC1=CN(CC)CC. The maximum absolute atomic E-state index is 2.53. The molecule has 0 aromatic carbocycles. The first-order valence-electron chi connectivity index (χ1n) is 10.7. The average Bonchev–Trinajstić information content (AvgIpc) is 2.64. The summed E-state index contributed by atoms with van der Waals surface area (Å²) in [6, 6.07) is 0. The fourth-order valence-electron chi connectivity index (χ4n) is 4.08. The van der Waals surface area contributed by atoms with Crippen molar-refractivity contribution in [2.75, 3.05) is 26.2 Å². The van der Waals surface area contributed by atoms with E-state index in [4.69, 9.17) is 0 Å². The van der Waals surface area contributed by atoms with Crippen LogP contribution in [0.4, 0.5) is 0 Å². The molecule has 0 aliphatic heterocycles. The van der Waals surface area contributed by atoms with E-state index >= 15 is 0 Å². The zero-order valence-corrected chi connectivity index (χ0v) is 21.0.